The Morgan fingerprint density at radius 2 is 2.07 bits per heavy atom. The second-order valence-corrected chi connectivity index (χ2v) is 8.70. The normalized spacial score (nSPS) is 32.4. The van der Waals surface area contributed by atoms with Gasteiger partial charge in [-0.15, -0.1) is 0 Å². The van der Waals surface area contributed by atoms with Gasteiger partial charge in [-0.25, -0.2) is 4.98 Å². The van der Waals surface area contributed by atoms with Crippen molar-refractivity contribution in [2.75, 3.05) is 11.5 Å². The molecule has 1 unspecified atom stereocenters. The average Bonchev–Trinajstić information content (AvgIpc) is 2.90. The molecule has 0 radical (unpaired) electrons. The van der Waals surface area contributed by atoms with E-state index in [0.29, 0.717) is 0 Å². The molecule has 3 atom stereocenters. The predicted octanol–water partition coefficient (Wildman–Crippen LogP) is 3.75. The maximum Gasteiger partial charge on any atom is 0.239 e. The molecule has 1 amide bonds. The zero-order valence-electron chi connectivity index (χ0n) is 15.5. The number of halogens is 1. The Hall–Kier alpha value is -1.24. The van der Waals surface area contributed by atoms with Crippen LogP contribution in [0.1, 0.15) is 69.8 Å². The number of amides is 1. The topological polar surface area (TPSA) is 64.6 Å². The van der Waals surface area contributed by atoms with Gasteiger partial charge in [0.15, 0.2) is 6.29 Å². The Morgan fingerprint density at radius 1 is 1.19 bits per heavy atom. The lowest BCUT2D eigenvalue weighted by molar-refractivity contribution is -0.193. The van der Waals surface area contributed by atoms with Crippen LogP contribution >= 0.6 is 11.6 Å². The number of hydrogen-bond acceptors (Lipinski definition) is 5. The molecule has 6 nitrogen and oxygen atoms in total. The van der Waals surface area contributed by atoms with Crippen molar-refractivity contribution in [1.29, 1.82) is 0 Å². The van der Waals surface area contributed by atoms with Crippen LogP contribution in [0.2, 0.25) is 5.28 Å². The SMILES string of the molecule is O=C1N([C@@H]2CCC[C@@H](OC3CCCCO3)C2)c2nc(Cl)ncc2C12CCC2. The molecule has 3 fully saturated rings. The fourth-order valence-electron chi connectivity index (χ4n) is 5.18. The highest BCUT2D eigenvalue weighted by atomic mass is 35.5. The van der Waals surface area contributed by atoms with Crippen molar-refractivity contribution in [3.8, 4) is 0 Å². The average molecular weight is 392 g/mol. The van der Waals surface area contributed by atoms with Gasteiger partial charge in [-0.3, -0.25) is 9.69 Å². The number of rotatable bonds is 3. The Bertz CT molecular complexity index is 733. The summed E-state index contributed by atoms with van der Waals surface area (Å²) in [5.41, 5.74) is 0.571. The van der Waals surface area contributed by atoms with Gasteiger partial charge in [0, 0.05) is 24.4 Å². The molecule has 5 rings (SSSR count). The Balaban J connectivity index is 1.37. The van der Waals surface area contributed by atoms with Gasteiger partial charge in [-0.1, -0.05) is 6.42 Å². The van der Waals surface area contributed by atoms with E-state index in [1.807, 2.05) is 4.90 Å². The van der Waals surface area contributed by atoms with E-state index in [-0.39, 0.29) is 29.6 Å². The van der Waals surface area contributed by atoms with Crippen molar-refractivity contribution in [1.82, 2.24) is 9.97 Å². The van der Waals surface area contributed by atoms with Gasteiger partial charge in [-0.2, -0.15) is 4.98 Å². The molecule has 4 aliphatic rings. The van der Waals surface area contributed by atoms with Crippen LogP contribution in [0.15, 0.2) is 6.20 Å². The number of ether oxygens (including phenoxy) is 2. The summed E-state index contributed by atoms with van der Waals surface area (Å²) in [6, 6.07) is 0.115. The minimum Gasteiger partial charge on any atom is -0.353 e. The fourth-order valence-corrected chi connectivity index (χ4v) is 5.31. The highest BCUT2D eigenvalue weighted by Crippen LogP contribution is 2.54. The van der Waals surface area contributed by atoms with E-state index in [1.54, 1.807) is 6.20 Å². The standard InChI is InChI=1S/C20H26ClN3O3/c21-19-22-12-15-17(23-19)24(18(25)20(15)8-4-9-20)13-5-3-6-14(11-13)27-16-7-1-2-10-26-16/h12-14,16H,1-11H2/t13-,14-,16?/m1/s1. The maximum absolute atomic E-state index is 13.4. The number of anilines is 1. The number of carbonyl (C=O) groups is 1. The second-order valence-electron chi connectivity index (χ2n) is 8.36. The van der Waals surface area contributed by atoms with Crippen LogP contribution in [0, 0.1) is 0 Å². The van der Waals surface area contributed by atoms with Crippen molar-refractivity contribution >= 4 is 23.3 Å². The molecule has 27 heavy (non-hydrogen) atoms. The quantitative estimate of drug-likeness (QED) is 0.734. The minimum atomic E-state index is -0.403. The van der Waals surface area contributed by atoms with Gasteiger partial charge in [-0.05, 0) is 69.4 Å². The number of aromatic nitrogens is 2. The largest absolute Gasteiger partial charge is 0.353 e. The molecule has 146 valence electrons. The van der Waals surface area contributed by atoms with Crippen LogP contribution in [-0.4, -0.2) is 40.9 Å². The van der Waals surface area contributed by atoms with Crippen molar-refractivity contribution in [2.45, 2.75) is 88.1 Å². The second kappa shape index (κ2) is 6.98. The summed E-state index contributed by atoms with van der Waals surface area (Å²) in [5.74, 6) is 0.930. The summed E-state index contributed by atoms with van der Waals surface area (Å²) >= 11 is 6.09. The number of fused-ring (bicyclic) bond motifs is 2. The first-order valence-electron chi connectivity index (χ1n) is 10.3. The first-order chi connectivity index (χ1) is 13.2. The molecular weight excluding hydrogens is 366 g/mol. The van der Waals surface area contributed by atoms with E-state index in [2.05, 4.69) is 9.97 Å². The summed E-state index contributed by atoms with van der Waals surface area (Å²) in [7, 11) is 0. The monoisotopic (exact) mass is 391 g/mol. The molecule has 0 aromatic carbocycles. The zero-order chi connectivity index (χ0) is 18.4. The molecule has 1 aromatic heterocycles. The van der Waals surface area contributed by atoms with E-state index >= 15 is 0 Å². The van der Waals surface area contributed by atoms with E-state index in [9.17, 15) is 4.79 Å². The Labute approximate surface area is 164 Å². The van der Waals surface area contributed by atoms with Gasteiger partial charge in [0.05, 0.1) is 11.5 Å². The zero-order valence-corrected chi connectivity index (χ0v) is 16.3. The van der Waals surface area contributed by atoms with Crippen LogP contribution in [0.3, 0.4) is 0 Å². The third-order valence-corrected chi connectivity index (χ3v) is 6.95. The van der Waals surface area contributed by atoms with Crippen molar-refractivity contribution in [3.05, 3.63) is 17.0 Å². The summed E-state index contributed by atoms with van der Waals surface area (Å²) < 4.78 is 12.0. The lowest BCUT2D eigenvalue weighted by Gasteiger charge is -2.40. The Kier molecular flexibility index (Phi) is 4.61. The summed E-state index contributed by atoms with van der Waals surface area (Å²) in [6.07, 6.45) is 11.8. The lowest BCUT2D eigenvalue weighted by atomic mass is 9.66. The molecule has 1 spiro atoms. The molecule has 1 saturated heterocycles. The molecular formula is C20H26ClN3O3. The highest BCUT2D eigenvalue weighted by molar-refractivity contribution is 6.28. The molecule has 0 N–H and O–H groups in total. The molecule has 2 saturated carbocycles. The maximum atomic E-state index is 13.4. The summed E-state index contributed by atoms with van der Waals surface area (Å²) in [6.45, 7) is 0.788. The Morgan fingerprint density at radius 3 is 2.81 bits per heavy atom. The van der Waals surface area contributed by atoms with Crippen molar-refractivity contribution in [3.63, 3.8) is 0 Å². The number of carbonyl (C=O) groups excluding carboxylic acids is 1. The first-order valence-corrected chi connectivity index (χ1v) is 10.7. The van der Waals surface area contributed by atoms with E-state index < -0.39 is 5.41 Å². The highest BCUT2D eigenvalue weighted by Gasteiger charge is 2.57. The lowest BCUT2D eigenvalue weighted by Crippen LogP contribution is -2.50. The minimum absolute atomic E-state index is 0.0844. The van der Waals surface area contributed by atoms with Crippen LogP contribution in [0.4, 0.5) is 5.82 Å². The smallest absolute Gasteiger partial charge is 0.239 e. The van der Waals surface area contributed by atoms with Crippen LogP contribution in [0.5, 0.6) is 0 Å². The van der Waals surface area contributed by atoms with E-state index in [4.69, 9.17) is 21.1 Å². The van der Waals surface area contributed by atoms with Gasteiger partial charge in [0.2, 0.25) is 11.2 Å². The van der Waals surface area contributed by atoms with Crippen LogP contribution < -0.4 is 4.90 Å². The summed E-state index contributed by atoms with van der Waals surface area (Å²) in [4.78, 5) is 24.0. The number of nitrogens with zero attached hydrogens (tertiary/aromatic N) is 3. The molecule has 1 aromatic rings. The van der Waals surface area contributed by atoms with E-state index in [0.717, 1.165) is 82.2 Å². The molecule has 0 bridgehead atoms. The third-order valence-electron chi connectivity index (χ3n) is 6.76. The molecule has 3 heterocycles. The predicted molar refractivity (Wildman–Crippen MR) is 101 cm³/mol. The van der Waals surface area contributed by atoms with Gasteiger partial charge < -0.3 is 9.47 Å². The molecule has 2 aliphatic carbocycles. The molecule has 2 aliphatic heterocycles. The van der Waals surface area contributed by atoms with Gasteiger partial charge in [0.1, 0.15) is 5.82 Å². The van der Waals surface area contributed by atoms with Crippen LogP contribution in [0.25, 0.3) is 0 Å². The molecule has 7 heteroatoms. The fraction of sp³-hybridized carbons (Fsp3) is 0.750. The first kappa shape index (κ1) is 17.8. The van der Waals surface area contributed by atoms with Crippen molar-refractivity contribution < 1.29 is 14.3 Å². The van der Waals surface area contributed by atoms with E-state index in [1.165, 1.54) is 0 Å². The number of hydrogen-bond donors (Lipinski definition) is 0. The van der Waals surface area contributed by atoms with Gasteiger partial charge >= 0.3 is 0 Å². The third kappa shape index (κ3) is 2.97. The van der Waals surface area contributed by atoms with Crippen LogP contribution in [-0.2, 0) is 19.7 Å². The summed E-state index contributed by atoms with van der Waals surface area (Å²) in [5, 5.41) is 0.210. The van der Waals surface area contributed by atoms with Gasteiger partial charge in [0.25, 0.3) is 0 Å². The van der Waals surface area contributed by atoms with Crippen molar-refractivity contribution in [2.24, 2.45) is 0 Å².